The largest absolute Gasteiger partial charge is 0.452 e. The Kier molecular flexibility index (Phi) is 2.48. The number of halogens is 1. The first kappa shape index (κ1) is 9.55. The highest BCUT2D eigenvalue weighted by Crippen LogP contribution is 2.23. The summed E-state index contributed by atoms with van der Waals surface area (Å²) in [6, 6.07) is 1.55. The Labute approximate surface area is 86.1 Å². The molecule has 1 saturated heterocycles. The maximum Gasteiger partial charge on any atom is 0.258 e. The van der Waals surface area contributed by atoms with E-state index in [1.54, 1.807) is 11.0 Å². The standard InChI is InChI=1S/C9H10ClNO3/c10-8-7(1-2-14-8)9(13)11-3-6(4-11)5-12/h1-2,6,12H,3-5H2. The van der Waals surface area contributed by atoms with E-state index in [1.165, 1.54) is 6.26 Å². The topological polar surface area (TPSA) is 53.7 Å². The lowest BCUT2D eigenvalue weighted by molar-refractivity contribution is 0.0361. The van der Waals surface area contributed by atoms with E-state index in [-0.39, 0.29) is 23.7 Å². The second kappa shape index (κ2) is 3.63. The van der Waals surface area contributed by atoms with Crippen molar-refractivity contribution in [1.29, 1.82) is 0 Å². The van der Waals surface area contributed by atoms with Gasteiger partial charge in [0.1, 0.15) is 0 Å². The van der Waals surface area contributed by atoms with Gasteiger partial charge >= 0.3 is 0 Å². The molecule has 0 aromatic carbocycles. The van der Waals surface area contributed by atoms with Gasteiger partial charge in [-0.05, 0) is 17.7 Å². The number of nitrogens with zero attached hydrogens (tertiary/aromatic N) is 1. The van der Waals surface area contributed by atoms with E-state index in [0.717, 1.165) is 0 Å². The Hall–Kier alpha value is -1.00. The molecule has 0 spiro atoms. The van der Waals surface area contributed by atoms with E-state index in [1.807, 2.05) is 0 Å². The van der Waals surface area contributed by atoms with Crippen LogP contribution in [0.5, 0.6) is 0 Å². The lowest BCUT2D eigenvalue weighted by Crippen LogP contribution is -2.51. The number of aliphatic hydroxyl groups excluding tert-OH is 1. The van der Waals surface area contributed by atoms with E-state index in [4.69, 9.17) is 21.1 Å². The zero-order chi connectivity index (χ0) is 10.1. The first-order chi connectivity index (χ1) is 6.72. The summed E-state index contributed by atoms with van der Waals surface area (Å²) < 4.78 is 4.83. The Morgan fingerprint density at radius 1 is 1.71 bits per heavy atom. The minimum atomic E-state index is -0.131. The molecule has 0 radical (unpaired) electrons. The normalized spacial score (nSPS) is 16.9. The minimum Gasteiger partial charge on any atom is -0.452 e. The van der Waals surface area contributed by atoms with E-state index in [2.05, 4.69) is 0 Å². The highest BCUT2D eigenvalue weighted by Gasteiger charge is 2.31. The zero-order valence-electron chi connectivity index (χ0n) is 7.44. The van der Waals surface area contributed by atoms with Crippen molar-refractivity contribution in [3.63, 3.8) is 0 Å². The van der Waals surface area contributed by atoms with Crippen LogP contribution in [0.25, 0.3) is 0 Å². The maximum atomic E-state index is 11.7. The molecule has 1 aliphatic heterocycles. The molecule has 14 heavy (non-hydrogen) atoms. The lowest BCUT2D eigenvalue weighted by Gasteiger charge is -2.37. The quantitative estimate of drug-likeness (QED) is 0.801. The summed E-state index contributed by atoms with van der Waals surface area (Å²) in [5.41, 5.74) is 0.392. The van der Waals surface area contributed by atoms with Gasteiger partial charge in [0, 0.05) is 25.6 Å². The first-order valence-corrected chi connectivity index (χ1v) is 4.73. The van der Waals surface area contributed by atoms with Gasteiger partial charge in [-0.2, -0.15) is 0 Å². The van der Waals surface area contributed by atoms with Crippen molar-refractivity contribution in [3.05, 3.63) is 23.1 Å². The van der Waals surface area contributed by atoms with Gasteiger partial charge in [0.15, 0.2) is 0 Å². The fourth-order valence-electron chi connectivity index (χ4n) is 1.47. The van der Waals surface area contributed by atoms with Gasteiger partial charge in [-0.1, -0.05) is 0 Å². The molecule has 2 rings (SSSR count). The van der Waals surface area contributed by atoms with Gasteiger partial charge in [-0.3, -0.25) is 4.79 Å². The highest BCUT2D eigenvalue weighted by molar-refractivity contribution is 6.32. The number of furan rings is 1. The van der Waals surface area contributed by atoms with Gasteiger partial charge in [-0.25, -0.2) is 0 Å². The SMILES string of the molecule is O=C(c1ccoc1Cl)N1CC(CO)C1. The molecular weight excluding hydrogens is 206 g/mol. The van der Waals surface area contributed by atoms with Gasteiger partial charge < -0.3 is 14.4 Å². The molecule has 5 heteroatoms. The number of rotatable bonds is 2. The summed E-state index contributed by atoms with van der Waals surface area (Å²) in [6.45, 7) is 1.32. The van der Waals surface area contributed by atoms with E-state index >= 15 is 0 Å². The van der Waals surface area contributed by atoms with Gasteiger partial charge in [-0.15, -0.1) is 0 Å². The molecule has 76 valence electrons. The third-order valence-corrected chi connectivity index (χ3v) is 2.64. The molecule has 1 amide bonds. The average Bonchev–Trinajstić information content (AvgIpc) is 2.49. The molecule has 1 fully saturated rings. The summed E-state index contributed by atoms with van der Waals surface area (Å²) in [5, 5.41) is 8.92. The molecule has 1 aromatic heterocycles. The van der Waals surface area contributed by atoms with Crippen molar-refractivity contribution in [2.24, 2.45) is 5.92 Å². The van der Waals surface area contributed by atoms with Crippen molar-refractivity contribution in [1.82, 2.24) is 4.90 Å². The number of amides is 1. The van der Waals surface area contributed by atoms with Crippen LogP contribution in [0.2, 0.25) is 5.22 Å². The molecule has 1 aliphatic rings. The molecular formula is C9H10ClNO3. The van der Waals surface area contributed by atoms with Gasteiger partial charge in [0.2, 0.25) is 5.22 Å². The molecule has 1 N–H and O–H groups in total. The van der Waals surface area contributed by atoms with E-state index in [0.29, 0.717) is 18.7 Å². The van der Waals surface area contributed by atoms with Crippen molar-refractivity contribution < 1.29 is 14.3 Å². The van der Waals surface area contributed by atoms with E-state index < -0.39 is 0 Å². The van der Waals surface area contributed by atoms with Crippen LogP contribution in [0.15, 0.2) is 16.7 Å². The summed E-state index contributed by atoms with van der Waals surface area (Å²) in [5.74, 6) is 0.0816. The number of hydrogen-bond acceptors (Lipinski definition) is 3. The molecule has 0 saturated carbocycles. The monoisotopic (exact) mass is 215 g/mol. The molecule has 0 bridgehead atoms. The molecule has 2 heterocycles. The summed E-state index contributed by atoms with van der Waals surface area (Å²) >= 11 is 5.67. The first-order valence-electron chi connectivity index (χ1n) is 4.35. The predicted molar refractivity (Wildman–Crippen MR) is 50.2 cm³/mol. The van der Waals surface area contributed by atoms with Crippen molar-refractivity contribution in [2.75, 3.05) is 19.7 Å². The number of aliphatic hydroxyl groups is 1. The van der Waals surface area contributed by atoms with Crippen LogP contribution >= 0.6 is 11.6 Å². The third kappa shape index (κ3) is 1.51. The molecule has 0 unspecified atom stereocenters. The van der Waals surface area contributed by atoms with Crippen LogP contribution in [0.4, 0.5) is 0 Å². The average molecular weight is 216 g/mol. The second-order valence-corrected chi connectivity index (χ2v) is 3.71. The fraction of sp³-hybridized carbons (Fsp3) is 0.444. The maximum absolute atomic E-state index is 11.7. The van der Waals surface area contributed by atoms with Crippen LogP contribution in [0.1, 0.15) is 10.4 Å². The van der Waals surface area contributed by atoms with Crippen molar-refractivity contribution in [2.45, 2.75) is 0 Å². The summed E-state index contributed by atoms with van der Waals surface area (Å²) in [7, 11) is 0. The fourth-order valence-corrected chi connectivity index (χ4v) is 1.66. The van der Waals surface area contributed by atoms with Gasteiger partial charge in [0.25, 0.3) is 5.91 Å². The highest BCUT2D eigenvalue weighted by atomic mass is 35.5. The Morgan fingerprint density at radius 3 is 2.93 bits per heavy atom. The molecule has 0 atom stereocenters. The lowest BCUT2D eigenvalue weighted by atomic mass is 10.0. The van der Waals surface area contributed by atoms with Crippen LogP contribution in [-0.2, 0) is 0 Å². The Balaban J connectivity index is 2.01. The third-order valence-electron chi connectivity index (χ3n) is 2.35. The Morgan fingerprint density at radius 2 is 2.43 bits per heavy atom. The van der Waals surface area contributed by atoms with Crippen LogP contribution in [0.3, 0.4) is 0 Å². The second-order valence-electron chi connectivity index (χ2n) is 3.37. The van der Waals surface area contributed by atoms with Gasteiger partial charge in [0.05, 0.1) is 11.8 Å². The zero-order valence-corrected chi connectivity index (χ0v) is 8.20. The smallest absolute Gasteiger partial charge is 0.258 e. The molecule has 0 aliphatic carbocycles. The van der Waals surface area contributed by atoms with Crippen LogP contribution in [0, 0.1) is 5.92 Å². The molecule has 4 nitrogen and oxygen atoms in total. The number of likely N-dealkylation sites (tertiary alicyclic amines) is 1. The van der Waals surface area contributed by atoms with Crippen molar-refractivity contribution in [3.8, 4) is 0 Å². The molecule has 1 aromatic rings. The van der Waals surface area contributed by atoms with Crippen LogP contribution in [-0.4, -0.2) is 35.6 Å². The Bertz CT molecular complexity index is 344. The minimum absolute atomic E-state index is 0.127. The number of carbonyl (C=O) groups excluding carboxylic acids is 1. The summed E-state index contributed by atoms with van der Waals surface area (Å²) in [4.78, 5) is 13.3. The number of carbonyl (C=O) groups is 1. The van der Waals surface area contributed by atoms with Crippen LogP contribution < -0.4 is 0 Å². The van der Waals surface area contributed by atoms with E-state index in [9.17, 15) is 4.79 Å². The van der Waals surface area contributed by atoms with Crippen molar-refractivity contribution >= 4 is 17.5 Å². The predicted octanol–water partition coefficient (Wildman–Crippen LogP) is 0.997. The number of hydrogen-bond donors (Lipinski definition) is 1. The summed E-state index contributed by atoms with van der Waals surface area (Å²) in [6.07, 6.45) is 1.39.